The van der Waals surface area contributed by atoms with E-state index in [1.807, 2.05) is 46.8 Å². The van der Waals surface area contributed by atoms with Gasteiger partial charge in [0.1, 0.15) is 17.4 Å². The standard InChI is InChI=1S/C32H39ClN4O3/c1-20-7-12-25(30-21(2)36-40-22(30)3)15-29(20)37(27-14-13-26(17-34)28(33)16-27)19-24-10-8-23(9-11-24)18-35-31(38)39-32(4,5)6/h7,12-16,23-24H,8-11,18-19H2,1-6H3,(H,35,38)/t23-,24-. The molecule has 0 unspecified atom stereocenters. The fraction of sp³-hybridized carbons (Fsp3) is 0.469. The van der Waals surface area contributed by atoms with Crippen LogP contribution in [0.25, 0.3) is 11.1 Å². The summed E-state index contributed by atoms with van der Waals surface area (Å²) in [7, 11) is 0. The molecule has 0 aliphatic heterocycles. The third-order valence-corrected chi connectivity index (χ3v) is 7.86. The molecule has 1 aromatic heterocycles. The van der Waals surface area contributed by atoms with E-state index in [0.717, 1.165) is 71.7 Å². The Morgan fingerprint density at radius 3 is 2.42 bits per heavy atom. The zero-order chi connectivity index (χ0) is 29.0. The smallest absolute Gasteiger partial charge is 0.407 e. The average Bonchev–Trinajstić information content (AvgIpc) is 3.24. The van der Waals surface area contributed by atoms with Gasteiger partial charge in [-0.2, -0.15) is 5.26 Å². The minimum atomic E-state index is -0.500. The van der Waals surface area contributed by atoms with Crippen molar-refractivity contribution in [3.8, 4) is 17.2 Å². The quantitative estimate of drug-likeness (QED) is 0.311. The van der Waals surface area contributed by atoms with Gasteiger partial charge in [0.05, 0.1) is 16.3 Å². The summed E-state index contributed by atoms with van der Waals surface area (Å²) in [6.07, 6.45) is 3.85. The summed E-state index contributed by atoms with van der Waals surface area (Å²) in [5.74, 6) is 1.69. The highest BCUT2D eigenvalue weighted by Gasteiger charge is 2.26. The fourth-order valence-electron chi connectivity index (χ4n) is 5.47. The van der Waals surface area contributed by atoms with Crippen molar-refractivity contribution < 1.29 is 14.1 Å². The second-order valence-corrected chi connectivity index (χ2v) is 12.3. The van der Waals surface area contributed by atoms with Crippen LogP contribution in [0, 0.1) is 43.9 Å². The van der Waals surface area contributed by atoms with E-state index in [1.54, 1.807) is 6.07 Å². The number of ether oxygens (including phenoxy) is 1. The van der Waals surface area contributed by atoms with Crippen LogP contribution in [0.2, 0.25) is 5.02 Å². The van der Waals surface area contributed by atoms with E-state index in [9.17, 15) is 10.1 Å². The zero-order valence-corrected chi connectivity index (χ0v) is 25.1. The Balaban J connectivity index is 1.55. The Bertz CT molecular complexity index is 1370. The topological polar surface area (TPSA) is 91.4 Å². The first-order chi connectivity index (χ1) is 18.9. The number of benzene rings is 2. The molecule has 1 aliphatic carbocycles. The molecule has 1 amide bonds. The molecule has 2 aromatic carbocycles. The van der Waals surface area contributed by atoms with Gasteiger partial charge >= 0.3 is 6.09 Å². The largest absolute Gasteiger partial charge is 0.444 e. The van der Waals surface area contributed by atoms with Crippen LogP contribution < -0.4 is 10.2 Å². The summed E-state index contributed by atoms with van der Waals surface area (Å²) in [6.45, 7) is 13.1. The Morgan fingerprint density at radius 1 is 1.12 bits per heavy atom. The number of carbonyl (C=O) groups is 1. The van der Waals surface area contributed by atoms with Gasteiger partial charge in [-0.1, -0.05) is 28.9 Å². The van der Waals surface area contributed by atoms with E-state index in [0.29, 0.717) is 29.0 Å². The van der Waals surface area contributed by atoms with Gasteiger partial charge in [0.2, 0.25) is 0 Å². The maximum absolute atomic E-state index is 12.1. The Kier molecular flexibility index (Phi) is 9.10. The third kappa shape index (κ3) is 7.17. The van der Waals surface area contributed by atoms with Crippen LogP contribution >= 0.6 is 11.6 Å². The van der Waals surface area contributed by atoms with Crippen molar-refractivity contribution in [3.05, 3.63) is 64.0 Å². The van der Waals surface area contributed by atoms with Crippen LogP contribution in [0.1, 0.15) is 69.0 Å². The Morgan fingerprint density at radius 2 is 1.82 bits per heavy atom. The number of aromatic nitrogens is 1. The molecular formula is C32H39ClN4O3. The summed E-state index contributed by atoms with van der Waals surface area (Å²) in [5, 5.41) is 17.0. The van der Waals surface area contributed by atoms with Crippen molar-refractivity contribution >= 4 is 29.1 Å². The number of rotatable bonds is 7. The average molecular weight is 563 g/mol. The van der Waals surface area contributed by atoms with E-state index >= 15 is 0 Å². The summed E-state index contributed by atoms with van der Waals surface area (Å²) in [5.41, 5.74) is 6.08. The normalized spacial score (nSPS) is 17.2. The van der Waals surface area contributed by atoms with Gasteiger partial charge in [0, 0.05) is 30.0 Å². The second kappa shape index (κ2) is 12.3. The van der Waals surface area contributed by atoms with Crippen molar-refractivity contribution in [3.63, 3.8) is 0 Å². The van der Waals surface area contributed by atoms with Crippen LogP contribution in [0.3, 0.4) is 0 Å². The summed E-state index contributed by atoms with van der Waals surface area (Å²) in [4.78, 5) is 14.4. The molecule has 4 rings (SSSR count). The molecule has 1 N–H and O–H groups in total. The van der Waals surface area contributed by atoms with Crippen molar-refractivity contribution in [1.29, 1.82) is 5.26 Å². The van der Waals surface area contributed by atoms with Crippen LogP contribution in [-0.2, 0) is 4.74 Å². The Labute approximate surface area is 242 Å². The van der Waals surface area contributed by atoms with Crippen LogP contribution in [0.15, 0.2) is 40.9 Å². The zero-order valence-electron chi connectivity index (χ0n) is 24.3. The molecule has 1 heterocycles. The van der Waals surface area contributed by atoms with Gasteiger partial charge in [-0.15, -0.1) is 0 Å². The molecule has 0 radical (unpaired) electrons. The highest BCUT2D eigenvalue weighted by Crippen LogP contribution is 2.38. The molecule has 212 valence electrons. The molecule has 0 spiro atoms. The Hall–Kier alpha value is -3.50. The molecule has 40 heavy (non-hydrogen) atoms. The van der Waals surface area contributed by atoms with Gasteiger partial charge in [0.25, 0.3) is 0 Å². The molecule has 0 bridgehead atoms. The van der Waals surface area contributed by atoms with Gasteiger partial charge in [-0.05, 0) is 114 Å². The molecule has 7 nitrogen and oxygen atoms in total. The number of carbonyl (C=O) groups excluding carboxylic acids is 1. The van der Waals surface area contributed by atoms with Crippen LogP contribution in [0.5, 0.6) is 0 Å². The highest BCUT2D eigenvalue weighted by atomic mass is 35.5. The minimum Gasteiger partial charge on any atom is -0.444 e. The van der Waals surface area contributed by atoms with E-state index in [4.69, 9.17) is 20.9 Å². The number of halogens is 1. The summed E-state index contributed by atoms with van der Waals surface area (Å²) >= 11 is 6.50. The number of hydrogen-bond donors (Lipinski definition) is 1. The van der Waals surface area contributed by atoms with Gasteiger partial charge in [-0.3, -0.25) is 0 Å². The molecular weight excluding hydrogens is 524 g/mol. The first kappa shape index (κ1) is 29.5. The van der Waals surface area contributed by atoms with Gasteiger partial charge < -0.3 is 19.5 Å². The monoisotopic (exact) mass is 562 g/mol. The molecule has 8 heteroatoms. The van der Waals surface area contributed by atoms with E-state index in [-0.39, 0.29) is 6.09 Å². The number of anilines is 2. The molecule has 1 saturated carbocycles. The van der Waals surface area contributed by atoms with Crippen LogP contribution in [-0.4, -0.2) is 29.9 Å². The molecule has 1 fully saturated rings. The maximum Gasteiger partial charge on any atom is 0.407 e. The lowest BCUT2D eigenvalue weighted by molar-refractivity contribution is 0.0513. The lowest BCUT2D eigenvalue weighted by atomic mass is 9.81. The molecule has 3 aromatic rings. The van der Waals surface area contributed by atoms with Crippen molar-refractivity contribution in [2.75, 3.05) is 18.0 Å². The summed E-state index contributed by atoms with van der Waals surface area (Å²) < 4.78 is 10.8. The van der Waals surface area contributed by atoms with E-state index in [1.165, 1.54) is 0 Å². The van der Waals surface area contributed by atoms with Gasteiger partial charge in [-0.25, -0.2) is 4.79 Å². The fourth-order valence-corrected chi connectivity index (χ4v) is 5.69. The number of nitrogens with zero attached hydrogens (tertiary/aromatic N) is 3. The minimum absolute atomic E-state index is 0.354. The lowest BCUT2D eigenvalue weighted by Crippen LogP contribution is -2.37. The molecule has 1 aliphatic rings. The number of nitrogens with one attached hydrogen (secondary N) is 1. The van der Waals surface area contributed by atoms with Crippen molar-refractivity contribution in [2.45, 2.75) is 72.8 Å². The summed E-state index contributed by atoms with van der Waals surface area (Å²) in [6, 6.07) is 14.3. The predicted octanol–water partition coefficient (Wildman–Crippen LogP) is 8.26. The van der Waals surface area contributed by atoms with Crippen molar-refractivity contribution in [1.82, 2.24) is 10.5 Å². The number of aryl methyl sites for hydroxylation is 3. The predicted molar refractivity (Wildman–Crippen MR) is 159 cm³/mol. The third-order valence-electron chi connectivity index (χ3n) is 7.55. The number of alkyl carbamates (subject to hydrolysis) is 1. The number of nitriles is 1. The number of hydrogen-bond acceptors (Lipinski definition) is 6. The highest BCUT2D eigenvalue weighted by molar-refractivity contribution is 6.32. The maximum atomic E-state index is 12.1. The number of amides is 1. The first-order valence-corrected chi connectivity index (χ1v) is 14.3. The lowest BCUT2D eigenvalue weighted by Gasteiger charge is -2.35. The molecule has 0 saturated heterocycles. The molecule has 0 atom stereocenters. The van der Waals surface area contributed by atoms with Gasteiger partial charge in [0.15, 0.2) is 0 Å². The SMILES string of the molecule is Cc1ccc(-c2c(C)noc2C)cc1N(C[C@H]1CC[C@H](CNC(=O)OC(C)(C)C)CC1)c1ccc(C#N)c(Cl)c1. The van der Waals surface area contributed by atoms with Crippen LogP contribution in [0.4, 0.5) is 16.2 Å². The first-order valence-electron chi connectivity index (χ1n) is 13.9. The van der Waals surface area contributed by atoms with Crippen molar-refractivity contribution in [2.24, 2.45) is 11.8 Å². The van der Waals surface area contributed by atoms with E-state index in [2.05, 4.69) is 46.6 Å². The second-order valence-electron chi connectivity index (χ2n) is 11.9. The van der Waals surface area contributed by atoms with E-state index < -0.39 is 5.60 Å².